The van der Waals surface area contributed by atoms with Gasteiger partial charge in [0.15, 0.2) is 0 Å². The van der Waals surface area contributed by atoms with Crippen molar-refractivity contribution in [2.24, 2.45) is 0 Å². The van der Waals surface area contributed by atoms with Crippen LogP contribution in [0.5, 0.6) is 0 Å². The first-order valence-corrected chi connectivity index (χ1v) is 9.48. The maximum atomic E-state index is 12.4. The van der Waals surface area contributed by atoms with Crippen molar-refractivity contribution in [1.29, 1.82) is 0 Å². The first kappa shape index (κ1) is 19.1. The number of anilines is 1. The van der Waals surface area contributed by atoms with Crippen molar-refractivity contribution in [2.75, 3.05) is 5.32 Å². The Bertz CT molecular complexity index is 740. The van der Waals surface area contributed by atoms with Crippen molar-refractivity contribution in [3.63, 3.8) is 0 Å². The zero-order valence-electron chi connectivity index (χ0n) is 15.0. The van der Waals surface area contributed by atoms with Gasteiger partial charge in [0.05, 0.1) is 10.7 Å². The van der Waals surface area contributed by atoms with Gasteiger partial charge in [0.1, 0.15) is 4.88 Å². The molecule has 2 rings (SSSR count). The lowest BCUT2D eigenvalue weighted by Crippen LogP contribution is -2.22. The zero-order valence-corrected chi connectivity index (χ0v) is 15.8. The van der Waals surface area contributed by atoms with Crippen LogP contribution in [0.3, 0.4) is 0 Å². The van der Waals surface area contributed by atoms with E-state index in [9.17, 15) is 9.59 Å². The van der Waals surface area contributed by atoms with E-state index >= 15 is 0 Å². The number of carbonyl (C=O) groups is 2. The molecule has 0 saturated heterocycles. The molecule has 1 aromatic carbocycles. The first-order chi connectivity index (χ1) is 12.0. The van der Waals surface area contributed by atoms with Gasteiger partial charge in [0.25, 0.3) is 5.91 Å². The SMILES string of the molecule is CCCC(=O)Nc1cccc(CNC(=O)c2sc(CCC)nc2C)c1. The number of nitrogens with one attached hydrogen (secondary N) is 2. The van der Waals surface area contributed by atoms with Crippen LogP contribution in [0.25, 0.3) is 0 Å². The monoisotopic (exact) mass is 359 g/mol. The molecular weight excluding hydrogens is 334 g/mol. The molecule has 0 aliphatic heterocycles. The number of thiazole rings is 1. The topological polar surface area (TPSA) is 71.1 Å². The number of rotatable bonds is 8. The van der Waals surface area contributed by atoms with Crippen LogP contribution < -0.4 is 10.6 Å². The molecule has 1 aromatic heterocycles. The highest BCUT2D eigenvalue weighted by atomic mass is 32.1. The van der Waals surface area contributed by atoms with E-state index in [2.05, 4.69) is 22.5 Å². The number of nitrogens with zero attached hydrogens (tertiary/aromatic N) is 1. The summed E-state index contributed by atoms with van der Waals surface area (Å²) >= 11 is 1.46. The van der Waals surface area contributed by atoms with Crippen LogP contribution in [0.4, 0.5) is 5.69 Å². The van der Waals surface area contributed by atoms with Gasteiger partial charge in [-0.25, -0.2) is 4.98 Å². The van der Waals surface area contributed by atoms with Crippen molar-refractivity contribution in [3.05, 3.63) is 45.4 Å². The summed E-state index contributed by atoms with van der Waals surface area (Å²) in [6.45, 7) is 6.35. The third-order valence-corrected chi connectivity index (χ3v) is 4.87. The van der Waals surface area contributed by atoms with Crippen molar-refractivity contribution in [3.8, 4) is 0 Å². The van der Waals surface area contributed by atoms with E-state index in [0.29, 0.717) is 17.8 Å². The molecule has 0 fully saturated rings. The maximum absolute atomic E-state index is 12.4. The van der Waals surface area contributed by atoms with E-state index < -0.39 is 0 Å². The molecule has 0 saturated carbocycles. The quantitative estimate of drug-likeness (QED) is 0.746. The van der Waals surface area contributed by atoms with E-state index in [4.69, 9.17) is 0 Å². The van der Waals surface area contributed by atoms with Crippen LogP contribution in [-0.4, -0.2) is 16.8 Å². The van der Waals surface area contributed by atoms with Crippen molar-refractivity contribution in [2.45, 2.75) is 53.0 Å². The van der Waals surface area contributed by atoms with Gasteiger partial charge >= 0.3 is 0 Å². The fourth-order valence-corrected chi connectivity index (χ4v) is 3.54. The molecule has 25 heavy (non-hydrogen) atoms. The van der Waals surface area contributed by atoms with Gasteiger partial charge in [-0.3, -0.25) is 9.59 Å². The fourth-order valence-electron chi connectivity index (χ4n) is 2.46. The predicted molar refractivity (Wildman–Crippen MR) is 102 cm³/mol. The molecule has 0 aliphatic rings. The summed E-state index contributed by atoms with van der Waals surface area (Å²) in [6, 6.07) is 7.54. The molecule has 0 atom stereocenters. The van der Waals surface area contributed by atoms with Crippen LogP contribution in [0, 0.1) is 6.92 Å². The van der Waals surface area contributed by atoms with E-state index in [1.807, 2.05) is 38.1 Å². The Kier molecular flexibility index (Phi) is 7.13. The Morgan fingerprint density at radius 2 is 2.00 bits per heavy atom. The minimum absolute atomic E-state index is 0.00687. The Morgan fingerprint density at radius 1 is 1.20 bits per heavy atom. The fraction of sp³-hybridized carbons (Fsp3) is 0.421. The average Bonchev–Trinajstić information content (AvgIpc) is 2.94. The van der Waals surface area contributed by atoms with Gasteiger partial charge in [0, 0.05) is 18.7 Å². The number of aromatic nitrogens is 1. The molecule has 0 bridgehead atoms. The lowest BCUT2D eigenvalue weighted by Gasteiger charge is -2.08. The summed E-state index contributed by atoms with van der Waals surface area (Å²) in [4.78, 5) is 29.2. The number of hydrogen-bond donors (Lipinski definition) is 2. The molecular formula is C19H25N3O2S. The molecule has 0 unspecified atom stereocenters. The Hall–Kier alpha value is -2.21. The molecule has 6 heteroatoms. The largest absolute Gasteiger partial charge is 0.347 e. The highest BCUT2D eigenvalue weighted by Gasteiger charge is 2.14. The highest BCUT2D eigenvalue weighted by molar-refractivity contribution is 7.13. The van der Waals surface area contributed by atoms with E-state index in [0.717, 1.165) is 41.2 Å². The zero-order chi connectivity index (χ0) is 18.2. The van der Waals surface area contributed by atoms with Gasteiger partial charge in [-0.1, -0.05) is 26.0 Å². The molecule has 5 nitrogen and oxygen atoms in total. The van der Waals surface area contributed by atoms with Crippen LogP contribution in [0.2, 0.25) is 0 Å². The molecule has 0 aliphatic carbocycles. The lowest BCUT2D eigenvalue weighted by atomic mass is 10.2. The standard InChI is InChI=1S/C19H25N3O2S/c1-4-7-16(23)22-15-10-6-9-14(11-15)12-20-19(24)18-13(3)21-17(25-18)8-5-2/h6,9-11H,4-5,7-8,12H2,1-3H3,(H,20,24)(H,22,23). The van der Waals surface area contributed by atoms with E-state index in [1.54, 1.807) is 0 Å². The average molecular weight is 359 g/mol. The molecule has 1 heterocycles. The summed E-state index contributed by atoms with van der Waals surface area (Å²) in [7, 11) is 0. The van der Waals surface area contributed by atoms with Crippen LogP contribution >= 0.6 is 11.3 Å². The number of amides is 2. The summed E-state index contributed by atoms with van der Waals surface area (Å²) in [5.41, 5.74) is 2.48. The summed E-state index contributed by atoms with van der Waals surface area (Å²) in [5.74, 6) is -0.0924. The smallest absolute Gasteiger partial charge is 0.263 e. The van der Waals surface area contributed by atoms with E-state index in [1.165, 1.54) is 11.3 Å². The number of benzene rings is 1. The van der Waals surface area contributed by atoms with Crippen molar-refractivity contribution in [1.82, 2.24) is 10.3 Å². The third-order valence-electron chi connectivity index (χ3n) is 3.65. The minimum Gasteiger partial charge on any atom is -0.347 e. The molecule has 2 aromatic rings. The van der Waals surface area contributed by atoms with Crippen molar-refractivity contribution < 1.29 is 9.59 Å². The second kappa shape index (κ2) is 9.32. The number of aryl methyl sites for hydroxylation is 2. The molecule has 0 spiro atoms. The minimum atomic E-state index is -0.0993. The summed E-state index contributed by atoms with van der Waals surface area (Å²) in [5, 5.41) is 6.81. The Balaban J connectivity index is 1.96. The van der Waals surface area contributed by atoms with Crippen LogP contribution in [0.15, 0.2) is 24.3 Å². The van der Waals surface area contributed by atoms with Crippen molar-refractivity contribution >= 4 is 28.8 Å². The second-order valence-corrected chi connectivity index (χ2v) is 7.04. The summed E-state index contributed by atoms with van der Waals surface area (Å²) < 4.78 is 0. The molecule has 2 amide bonds. The van der Waals surface area contributed by atoms with Crippen LogP contribution in [0.1, 0.15) is 59.0 Å². The Labute approximate surface area is 152 Å². The van der Waals surface area contributed by atoms with Gasteiger partial charge in [0.2, 0.25) is 5.91 Å². The normalized spacial score (nSPS) is 10.5. The number of hydrogen-bond acceptors (Lipinski definition) is 4. The van der Waals surface area contributed by atoms with Gasteiger partial charge < -0.3 is 10.6 Å². The highest BCUT2D eigenvalue weighted by Crippen LogP contribution is 2.19. The van der Waals surface area contributed by atoms with Gasteiger partial charge in [-0.15, -0.1) is 11.3 Å². The van der Waals surface area contributed by atoms with Gasteiger partial charge in [-0.05, 0) is 43.9 Å². The summed E-state index contributed by atoms with van der Waals surface area (Å²) in [6.07, 6.45) is 3.24. The van der Waals surface area contributed by atoms with E-state index in [-0.39, 0.29) is 11.8 Å². The van der Waals surface area contributed by atoms with Crippen LogP contribution in [-0.2, 0) is 17.8 Å². The third kappa shape index (κ3) is 5.67. The number of carbonyl (C=O) groups excluding carboxylic acids is 2. The lowest BCUT2D eigenvalue weighted by molar-refractivity contribution is -0.116. The predicted octanol–water partition coefficient (Wildman–Crippen LogP) is 4.07. The van der Waals surface area contributed by atoms with Gasteiger partial charge in [-0.2, -0.15) is 0 Å². The Morgan fingerprint density at radius 3 is 2.72 bits per heavy atom. The first-order valence-electron chi connectivity index (χ1n) is 8.66. The molecule has 2 N–H and O–H groups in total. The maximum Gasteiger partial charge on any atom is 0.263 e. The second-order valence-electron chi connectivity index (χ2n) is 5.95. The molecule has 134 valence electrons. The molecule has 0 radical (unpaired) electrons.